The van der Waals surface area contributed by atoms with Gasteiger partial charge >= 0.3 is 0 Å². The van der Waals surface area contributed by atoms with E-state index in [1.165, 1.54) is 11.3 Å². The molecule has 1 aromatic carbocycles. The molecular weight excluding hydrogens is 211 g/mol. The molecule has 0 amide bonds. The van der Waals surface area contributed by atoms with E-state index >= 15 is 0 Å². The Balaban J connectivity index is 2.64. The highest BCUT2D eigenvalue weighted by Crippen LogP contribution is 2.31. The second-order valence-electron chi connectivity index (χ2n) is 3.26. The van der Waals surface area contributed by atoms with Crippen molar-refractivity contribution in [2.75, 3.05) is 0 Å². The van der Waals surface area contributed by atoms with Crippen molar-refractivity contribution < 1.29 is 9.18 Å². The number of carbonyl (C=O) groups excluding carboxylic acids is 1. The van der Waals surface area contributed by atoms with Crippen LogP contribution in [0.25, 0.3) is 10.4 Å². The average molecular weight is 220 g/mol. The maximum absolute atomic E-state index is 13.8. The fourth-order valence-electron chi connectivity index (χ4n) is 1.45. The summed E-state index contributed by atoms with van der Waals surface area (Å²) in [4.78, 5) is 11.4. The van der Waals surface area contributed by atoms with Gasteiger partial charge in [0.2, 0.25) is 0 Å². The molecule has 0 saturated heterocycles. The Kier molecular flexibility index (Phi) is 2.64. The van der Waals surface area contributed by atoms with Gasteiger partial charge in [-0.3, -0.25) is 4.79 Å². The first-order valence-corrected chi connectivity index (χ1v) is 5.40. The van der Waals surface area contributed by atoms with Gasteiger partial charge in [-0.05, 0) is 23.9 Å². The Bertz CT molecular complexity index is 502. The van der Waals surface area contributed by atoms with Crippen LogP contribution in [0.3, 0.4) is 0 Å². The molecule has 1 heterocycles. The molecule has 1 nitrogen and oxygen atoms in total. The number of halogens is 1. The van der Waals surface area contributed by atoms with Crippen molar-refractivity contribution in [1.29, 1.82) is 0 Å². The monoisotopic (exact) mass is 220 g/mol. The second kappa shape index (κ2) is 3.95. The molecule has 3 heteroatoms. The first-order chi connectivity index (χ1) is 7.24. The molecule has 0 bridgehead atoms. The summed E-state index contributed by atoms with van der Waals surface area (Å²) in [7, 11) is 0. The zero-order chi connectivity index (χ0) is 10.8. The van der Waals surface area contributed by atoms with Gasteiger partial charge in [-0.1, -0.05) is 18.2 Å². The summed E-state index contributed by atoms with van der Waals surface area (Å²) < 4.78 is 13.8. The van der Waals surface area contributed by atoms with Crippen molar-refractivity contribution in [3.63, 3.8) is 0 Å². The van der Waals surface area contributed by atoms with Gasteiger partial charge in [-0.25, -0.2) is 4.39 Å². The predicted octanol–water partition coefficient (Wildman–Crippen LogP) is 3.68. The smallest absolute Gasteiger partial charge is 0.151 e. The Labute approximate surface area is 91.2 Å². The molecule has 0 saturated carbocycles. The summed E-state index contributed by atoms with van der Waals surface area (Å²) in [5.41, 5.74) is 1.65. The van der Waals surface area contributed by atoms with Gasteiger partial charge in [0.05, 0.1) is 0 Å². The van der Waals surface area contributed by atoms with E-state index in [0.717, 1.165) is 6.29 Å². The fourth-order valence-corrected chi connectivity index (χ4v) is 2.34. The lowest BCUT2D eigenvalue weighted by Crippen LogP contribution is -1.88. The summed E-state index contributed by atoms with van der Waals surface area (Å²) in [6.45, 7) is 1.72. The SMILES string of the molecule is Cc1cccc(-c2sccc2C=O)c1F. The van der Waals surface area contributed by atoms with Gasteiger partial charge in [-0.15, -0.1) is 11.3 Å². The van der Waals surface area contributed by atoms with Crippen LogP contribution in [0, 0.1) is 12.7 Å². The molecule has 0 unspecified atom stereocenters. The van der Waals surface area contributed by atoms with Crippen LogP contribution in [0.5, 0.6) is 0 Å². The molecule has 15 heavy (non-hydrogen) atoms. The van der Waals surface area contributed by atoms with E-state index in [2.05, 4.69) is 0 Å². The number of thiophene rings is 1. The minimum Gasteiger partial charge on any atom is -0.298 e. The van der Waals surface area contributed by atoms with Crippen LogP contribution in [-0.2, 0) is 0 Å². The lowest BCUT2D eigenvalue weighted by molar-refractivity contribution is 0.112. The van der Waals surface area contributed by atoms with E-state index in [1.807, 2.05) is 0 Å². The first kappa shape index (κ1) is 10.1. The number of aryl methyl sites for hydroxylation is 1. The Hall–Kier alpha value is -1.48. The molecule has 0 N–H and O–H groups in total. The second-order valence-corrected chi connectivity index (χ2v) is 4.18. The number of hydrogen-bond acceptors (Lipinski definition) is 2. The molecule has 0 fully saturated rings. The van der Waals surface area contributed by atoms with Crippen LogP contribution in [0.4, 0.5) is 4.39 Å². The third-order valence-corrected chi connectivity index (χ3v) is 3.22. The van der Waals surface area contributed by atoms with Crippen LogP contribution in [0.15, 0.2) is 29.6 Å². The summed E-state index contributed by atoms with van der Waals surface area (Å²) in [6.07, 6.45) is 0.758. The van der Waals surface area contributed by atoms with E-state index in [1.54, 1.807) is 36.6 Å². The van der Waals surface area contributed by atoms with Crippen molar-refractivity contribution in [3.05, 3.63) is 46.6 Å². The maximum atomic E-state index is 13.8. The number of carbonyl (C=O) groups is 1. The van der Waals surface area contributed by atoms with Crippen molar-refractivity contribution in [3.8, 4) is 10.4 Å². The van der Waals surface area contributed by atoms with Crippen LogP contribution in [-0.4, -0.2) is 6.29 Å². The van der Waals surface area contributed by atoms with Crippen molar-refractivity contribution in [2.45, 2.75) is 6.92 Å². The number of benzene rings is 1. The van der Waals surface area contributed by atoms with Crippen molar-refractivity contribution >= 4 is 17.6 Å². The molecule has 0 radical (unpaired) electrons. The third-order valence-electron chi connectivity index (χ3n) is 2.26. The highest BCUT2D eigenvalue weighted by molar-refractivity contribution is 7.14. The van der Waals surface area contributed by atoms with Gasteiger partial charge in [0.25, 0.3) is 0 Å². The van der Waals surface area contributed by atoms with Gasteiger partial charge in [0.15, 0.2) is 6.29 Å². The largest absolute Gasteiger partial charge is 0.298 e. The van der Waals surface area contributed by atoms with E-state index < -0.39 is 0 Å². The normalized spacial score (nSPS) is 10.3. The van der Waals surface area contributed by atoms with Crippen molar-refractivity contribution in [1.82, 2.24) is 0 Å². The molecule has 2 aromatic rings. The standard InChI is InChI=1S/C12H9FOS/c1-8-3-2-4-10(11(8)13)12-9(7-14)5-6-15-12/h2-7H,1H3. The summed E-state index contributed by atoms with van der Waals surface area (Å²) in [5.74, 6) is -0.247. The Morgan fingerprint density at radius 2 is 2.13 bits per heavy atom. The zero-order valence-corrected chi connectivity index (χ0v) is 8.98. The summed E-state index contributed by atoms with van der Waals surface area (Å²) >= 11 is 1.38. The molecule has 1 aromatic heterocycles. The number of hydrogen-bond donors (Lipinski definition) is 0. The third kappa shape index (κ3) is 1.70. The molecule has 76 valence electrons. The van der Waals surface area contributed by atoms with Crippen LogP contribution in [0.2, 0.25) is 0 Å². The zero-order valence-electron chi connectivity index (χ0n) is 8.16. The minimum atomic E-state index is -0.247. The molecular formula is C12H9FOS. The maximum Gasteiger partial charge on any atom is 0.151 e. The predicted molar refractivity (Wildman–Crippen MR) is 59.8 cm³/mol. The molecule has 0 atom stereocenters. The van der Waals surface area contributed by atoms with E-state index in [-0.39, 0.29) is 5.82 Å². The van der Waals surface area contributed by atoms with Crippen LogP contribution in [0.1, 0.15) is 15.9 Å². The van der Waals surface area contributed by atoms with Crippen molar-refractivity contribution in [2.24, 2.45) is 0 Å². The molecule has 2 rings (SSSR count). The highest BCUT2D eigenvalue weighted by atomic mass is 32.1. The highest BCUT2D eigenvalue weighted by Gasteiger charge is 2.11. The van der Waals surface area contributed by atoms with Gasteiger partial charge in [0.1, 0.15) is 5.82 Å². The minimum absolute atomic E-state index is 0.247. The first-order valence-electron chi connectivity index (χ1n) is 4.52. The van der Waals surface area contributed by atoms with Gasteiger partial charge in [0, 0.05) is 16.0 Å². The quantitative estimate of drug-likeness (QED) is 0.706. The lowest BCUT2D eigenvalue weighted by Gasteiger charge is -2.03. The molecule has 0 aliphatic rings. The topological polar surface area (TPSA) is 17.1 Å². The lowest BCUT2D eigenvalue weighted by atomic mass is 10.1. The van der Waals surface area contributed by atoms with E-state index in [0.29, 0.717) is 21.6 Å². The van der Waals surface area contributed by atoms with Crippen LogP contribution >= 0.6 is 11.3 Å². The molecule has 0 aliphatic carbocycles. The van der Waals surface area contributed by atoms with Gasteiger partial charge in [-0.2, -0.15) is 0 Å². The fraction of sp³-hybridized carbons (Fsp3) is 0.0833. The van der Waals surface area contributed by atoms with Gasteiger partial charge < -0.3 is 0 Å². The number of aldehydes is 1. The van der Waals surface area contributed by atoms with Crippen LogP contribution < -0.4 is 0 Å². The Morgan fingerprint density at radius 1 is 1.33 bits per heavy atom. The Morgan fingerprint density at radius 3 is 2.87 bits per heavy atom. The summed E-state index contributed by atoms with van der Waals surface area (Å²) in [6, 6.07) is 6.91. The molecule has 0 aliphatic heterocycles. The van der Waals surface area contributed by atoms with E-state index in [9.17, 15) is 9.18 Å². The summed E-state index contributed by atoms with van der Waals surface area (Å²) in [5, 5.41) is 1.79. The number of rotatable bonds is 2. The molecule has 0 spiro atoms. The average Bonchev–Trinajstić information content (AvgIpc) is 2.70. The van der Waals surface area contributed by atoms with E-state index in [4.69, 9.17) is 0 Å².